The van der Waals surface area contributed by atoms with E-state index < -0.39 is 30.1 Å². The molecule has 3 aromatic rings. The maximum absolute atomic E-state index is 13.1. The molecule has 0 spiro atoms. The van der Waals surface area contributed by atoms with Crippen LogP contribution in [0.5, 0.6) is 0 Å². The third-order valence-corrected chi connectivity index (χ3v) is 7.16. The maximum Gasteiger partial charge on any atom is 0.255 e. The van der Waals surface area contributed by atoms with Crippen molar-refractivity contribution >= 4 is 28.3 Å². The summed E-state index contributed by atoms with van der Waals surface area (Å²) in [6.45, 7) is 4.21. The first-order chi connectivity index (χ1) is 16.8. The van der Waals surface area contributed by atoms with Crippen LogP contribution < -0.4 is 11.1 Å². The van der Waals surface area contributed by atoms with E-state index in [0.717, 1.165) is 17.7 Å². The molecule has 1 aliphatic rings. The molecule has 0 radical (unpaired) electrons. The summed E-state index contributed by atoms with van der Waals surface area (Å²) in [5, 5.41) is 30.2. The number of anilines is 1. The zero-order valence-electron chi connectivity index (χ0n) is 19.6. The molecule has 10 nitrogen and oxygen atoms in total. The Labute approximate surface area is 207 Å². The van der Waals surface area contributed by atoms with Crippen LogP contribution in [0.2, 0.25) is 0 Å². The molecular weight excluding hydrogens is 468 g/mol. The largest absolute Gasteiger partial charge is 0.380 e. The van der Waals surface area contributed by atoms with E-state index in [-0.39, 0.29) is 12.0 Å². The van der Waals surface area contributed by atoms with Crippen molar-refractivity contribution in [3.05, 3.63) is 59.4 Å². The predicted octanol–water partition coefficient (Wildman–Crippen LogP) is 1.81. The topological polar surface area (TPSA) is 147 Å². The second kappa shape index (κ2) is 10.5. The Bertz CT molecular complexity index is 1150. The van der Waals surface area contributed by atoms with Gasteiger partial charge in [-0.05, 0) is 43.0 Å². The zero-order chi connectivity index (χ0) is 25.1. The summed E-state index contributed by atoms with van der Waals surface area (Å²) < 4.78 is 1.72. The number of likely N-dealkylation sites (tertiary alicyclic amines) is 1. The summed E-state index contributed by atoms with van der Waals surface area (Å²) in [5.41, 5.74) is 8.10. The van der Waals surface area contributed by atoms with E-state index >= 15 is 0 Å². The number of aromatic nitrogens is 3. The number of nitrogens with one attached hydrogen (secondary N) is 1. The summed E-state index contributed by atoms with van der Waals surface area (Å²) in [6.07, 6.45) is 1.26. The van der Waals surface area contributed by atoms with Gasteiger partial charge < -0.3 is 26.2 Å². The summed E-state index contributed by atoms with van der Waals surface area (Å²) in [5.74, 6) is -1.29. The highest BCUT2D eigenvalue weighted by Crippen LogP contribution is 2.38. The van der Waals surface area contributed by atoms with Gasteiger partial charge in [-0.25, -0.2) is 9.67 Å². The second-order valence-corrected chi connectivity index (χ2v) is 9.68. The van der Waals surface area contributed by atoms with Crippen LogP contribution in [0.4, 0.5) is 5.13 Å². The first kappa shape index (κ1) is 24.8. The minimum absolute atomic E-state index is 0.231. The van der Waals surface area contributed by atoms with Gasteiger partial charge in [0.25, 0.3) is 11.8 Å². The maximum atomic E-state index is 13.1. The van der Waals surface area contributed by atoms with E-state index in [4.69, 9.17) is 5.73 Å². The SMILES string of the molecule is CC[C@@H]1C[C@H](c2csc(N)n2)N(C(=O)[C@H](O)[C@@H](O)C(=O)N[C@H](C)c2ccc(-n3cccn3)cc2)C1. The number of amides is 2. The minimum atomic E-state index is -1.91. The molecule has 0 unspecified atom stereocenters. The Hall–Kier alpha value is -3.28. The molecule has 2 aromatic heterocycles. The Morgan fingerprint density at radius 1 is 1.26 bits per heavy atom. The molecule has 1 aromatic carbocycles. The molecule has 1 fully saturated rings. The van der Waals surface area contributed by atoms with Crippen molar-refractivity contribution in [1.82, 2.24) is 25.0 Å². The van der Waals surface area contributed by atoms with Gasteiger partial charge in [-0.15, -0.1) is 11.3 Å². The molecule has 35 heavy (non-hydrogen) atoms. The lowest BCUT2D eigenvalue weighted by molar-refractivity contribution is -0.154. The fraction of sp³-hybridized carbons (Fsp3) is 0.417. The summed E-state index contributed by atoms with van der Waals surface area (Å²) in [7, 11) is 0. The number of carbonyl (C=O) groups is 2. The molecule has 186 valence electrons. The van der Waals surface area contributed by atoms with Crippen LogP contribution in [0.1, 0.15) is 50.0 Å². The van der Waals surface area contributed by atoms with Gasteiger partial charge in [0.05, 0.1) is 23.5 Å². The first-order valence-electron chi connectivity index (χ1n) is 11.6. The number of carbonyl (C=O) groups excluding carboxylic acids is 2. The molecule has 3 heterocycles. The molecule has 11 heteroatoms. The number of benzene rings is 1. The molecule has 0 aliphatic carbocycles. The number of aliphatic hydroxyl groups excluding tert-OH is 2. The van der Waals surface area contributed by atoms with Crippen LogP contribution in [0.25, 0.3) is 5.69 Å². The summed E-state index contributed by atoms with van der Waals surface area (Å²) in [4.78, 5) is 31.6. The highest BCUT2D eigenvalue weighted by molar-refractivity contribution is 7.13. The molecule has 0 saturated carbocycles. The molecule has 4 rings (SSSR count). The van der Waals surface area contributed by atoms with Crippen LogP contribution in [0.15, 0.2) is 48.1 Å². The second-order valence-electron chi connectivity index (χ2n) is 8.79. The number of thiazole rings is 1. The predicted molar refractivity (Wildman–Crippen MR) is 132 cm³/mol. The quantitative estimate of drug-likeness (QED) is 0.370. The van der Waals surface area contributed by atoms with Crippen molar-refractivity contribution in [2.24, 2.45) is 5.92 Å². The van der Waals surface area contributed by atoms with Crippen molar-refractivity contribution < 1.29 is 19.8 Å². The van der Waals surface area contributed by atoms with Gasteiger partial charge in [0.15, 0.2) is 17.3 Å². The number of aliphatic hydroxyl groups is 2. The van der Waals surface area contributed by atoms with Gasteiger partial charge in [0, 0.05) is 24.3 Å². The lowest BCUT2D eigenvalue weighted by Crippen LogP contribution is -2.51. The number of nitrogen functional groups attached to an aromatic ring is 1. The van der Waals surface area contributed by atoms with Crippen LogP contribution in [0.3, 0.4) is 0 Å². The highest BCUT2D eigenvalue weighted by Gasteiger charge is 2.42. The van der Waals surface area contributed by atoms with Crippen molar-refractivity contribution in [3.63, 3.8) is 0 Å². The third-order valence-electron chi connectivity index (χ3n) is 6.47. The monoisotopic (exact) mass is 498 g/mol. The average Bonchev–Trinajstić information content (AvgIpc) is 3.63. The van der Waals surface area contributed by atoms with Gasteiger partial charge >= 0.3 is 0 Å². The van der Waals surface area contributed by atoms with E-state index in [2.05, 4.69) is 15.4 Å². The number of nitrogens with zero attached hydrogens (tertiary/aromatic N) is 4. The molecule has 5 N–H and O–H groups in total. The van der Waals surface area contributed by atoms with Crippen LogP contribution in [0, 0.1) is 5.92 Å². The van der Waals surface area contributed by atoms with E-state index in [0.29, 0.717) is 23.8 Å². The smallest absolute Gasteiger partial charge is 0.255 e. The molecule has 0 bridgehead atoms. The molecule has 1 saturated heterocycles. The lowest BCUT2D eigenvalue weighted by atomic mass is 10.0. The number of rotatable bonds is 8. The van der Waals surface area contributed by atoms with E-state index in [1.807, 2.05) is 43.5 Å². The molecule has 1 aliphatic heterocycles. The summed E-state index contributed by atoms with van der Waals surface area (Å²) in [6, 6.07) is 8.44. The van der Waals surface area contributed by atoms with Crippen molar-refractivity contribution in [2.75, 3.05) is 12.3 Å². The molecule has 5 atom stereocenters. The minimum Gasteiger partial charge on any atom is -0.380 e. The Morgan fingerprint density at radius 2 is 2.00 bits per heavy atom. The average molecular weight is 499 g/mol. The van der Waals surface area contributed by atoms with Crippen molar-refractivity contribution in [1.29, 1.82) is 0 Å². The third kappa shape index (κ3) is 5.37. The number of hydrogen-bond acceptors (Lipinski definition) is 8. The van der Waals surface area contributed by atoms with Crippen molar-refractivity contribution in [2.45, 2.75) is 51.0 Å². The molecular formula is C24H30N6O4S. The fourth-order valence-electron chi connectivity index (χ4n) is 4.36. The van der Waals surface area contributed by atoms with Gasteiger partial charge in [-0.3, -0.25) is 9.59 Å². The van der Waals surface area contributed by atoms with Crippen LogP contribution in [-0.2, 0) is 9.59 Å². The van der Waals surface area contributed by atoms with E-state index in [9.17, 15) is 19.8 Å². The van der Waals surface area contributed by atoms with Gasteiger partial charge in [0.2, 0.25) is 0 Å². The van der Waals surface area contributed by atoms with Gasteiger partial charge in [-0.2, -0.15) is 5.10 Å². The number of nitrogens with two attached hydrogens (primary N) is 1. The molecule has 2 amide bonds. The number of hydrogen-bond donors (Lipinski definition) is 4. The highest BCUT2D eigenvalue weighted by atomic mass is 32.1. The first-order valence-corrected chi connectivity index (χ1v) is 12.4. The summed E-state index contributed by atoms with van der Waals surface area (Å²) >= 11 is 1.29. The Kier molecular flexibility index (Phi) is 7.48. The van der Waals surface area contributed by atoms with Gasteiger partial charge in [-0.1, -0.05) is 25.5 Å². The van der Waals surface area contributed by atoms with Crippen LogP contribution >= 0.6 is 11.3 Å². The lowest BCUT2D eigenvalue weighted by Gasteiger charge is -2.28. The van der Waals surface area contributed by atoms with Crippen molar-refractivity contribution in [3.8, 4) is 5.69 Å². The zero-order valence-corrected chi connectivity index (χ0v) is 20.4. The normalized spacial score (nSPS) is 20.4. The standard InChI is InChI=1S/C24H30N6O4S/c1-3-15-11-19(18-13-35-24(25)28-18)29(12-15)23(34)21(32)20(31)22(33)27-14(2)16-5-7-17(8-6-16)30-10-4-9-26-30/h4-10,13-15,19-21,31-32H,3,11-12H2,1-2H3,(H2,25,28)(H,27,33)/t14-,15-,19-,20-,21-/m1/s1. The van der Waals surface area contributed by atoms with Crippen LogP contribution in [-0.4, -0.2) is 60.4 Å². The van der Waals surface area contributed by atoms with Gasteiger partial charge in [0.1, 0.15) is 0 Å². The Balaban J connectivity index is 1.40. The fourth-order valence-corrected chi connectivity index (χ4v) is 4.97. The van der Waals surface area contributed by atoms with E-state index in [1.165, 1.54) is 16.2 Å². The van der Waals surface area contributed by atoms with E-state index in [1.54, 1.807) is 23.2 Å². The Morgan fingerprint density at radius 3 is 2.60 bits per heavy atom.